The summed E-state index contributed by atoms with van der Waals surface area (Å²) in [5.74, 6) is -3.63. The van der Waals surface area contributed by atoms with Crippen molar-refractivity contribution >= 4 is 23.5 Å². The molecule has 0 bridgehead atoms. The maximum absolute atomic E-state index is 13.2. The standard InChI is InChI=1S/C11H8FNO5/c12-8-2-1-6(3-7(8)11(16)17)13-9(14)4-18-5-10(13)15/h1-3H,4-5H2,(H,16,17). The summed E-state index contributed by atoms with van der Waals surface area (Å²) in [5, 5.41) is 8.77. The second-order valence-electron chi connectivity index (χ2n) is 3.58. The Balaban J connectivity index is 2.44. The van der Waals surface area contributed by atoms with E-state index in [1.807, 2.05) is 0 Å². The molecule has 7 heteroatoms. The molecule has 0 aromatic heterocycles. The van der Waals surface area contributed by atoms with Gasteiger partial charge in [-0.05, 0) is 18.2 Å². The van der Waals surface area contributed by atoms with Gasteiger partial charge in [0.15, 0.2) is 0 Å². The number of carbonyl (C=O) groups is 3. The lowest BCUT2D eigenvalue weighted by atomic mass is 10.1. The van der Waals surface area contributed by atoms with Crippen LogP contribution in [0, 0.1) is 5.82 Å². The Morgan fingerprint density at radius 2 is 1.89 bits per heavy atom. The molecule has 1 fully saturated rings. The van der Waals surface area contributed by atoms with E-state index in [4.69, 9.17) is 9.84 Å². The first-order chi connectivity index (χ1) is 8.50. The fourth-order valence-electron chi connectivity index (χ4n) is 1.60. The molecule has 2 amide bonds. The van der Waals surface area contributed by atoms with E-state index >= 15 is 0 Å². The zero-order chi connectivity index (χ0) is 13.3. The predicted molar refractivity (Wildman–Crippen MR) is 56.7 cm³/mol. The summed E-state index contributed by atoms with van der Waals surface area (Å²) in [6.07, 6.45) is 0. The maximum Gasteiger partial charge on any atom is 0.338 e. The molecular formula is C11H8FNO5. The molecule has 18 heavy (non-hydrogen) atoms. The zero-order valence-electron chi connectivity index (χ0n) is 9.05. The number of aromatic carboxylic acids is 1. The van der Waals surface area contributed by atoms with Gasteiger partial charge in [-0.3, -0.25) is 9.59 Å². The van der Waals surface area contributed by atoms with E-state index in [0.717, 1.165) is 17.0 Å². The number of hydrogen-bond acceptors (Lipinski definition) is 4. The SMILES string of the molecule is O=C(O)c1cc(N2C(=O)COCC2=O)ccc1F. The number of morpholine rings is 1. The molecule has 1 heterocycles. The summed E-state index contributed by atoms with van der Waals surface area (Å²) in [5.41, 5.74) is -0.577. The third-order valence-electron chi connectivity index (χ3n) is 2.39. The van der Waals surface area contributed by atoms with Crippen LogP contribution in [0.25, 0.3) is 0 Å². The molecule has 0 saturated carbocycles. The number of ether oxygens (including phenoxy) is 1. The van der Waals surface area contributed by atoms with E-state index < -0.39 is 29.2 Å². The van der Waals surface area contributed by atoms with Gasteiger partial charge in [-0.1, -0.05) is 0 Å². The summed E-state index contributed by atoms with van der Waals surface area (Å²) >= 11 is 0. The van der Waals surface area contributed by atoms with Crippen LogP contribution < -0.4 is 4.90 Å². The molecular weight excluding hydrogens is 245 g/mol. The topological polar surface area (TPSA) is 83.9 Å². The summed E-state index contributed by atoms with van der Waals surface area (Å²) in [6, 6.07) is 3.01. The number of benzene rings is 1. The molecule has 0 aliphatic carbocycles. The molecule has 1 saturated heterocycles. The largest absolute Gasteiger partial charge is 0.478 e. The molecule has 0 unspecified atom stereocenters. The molecule has 94 valence electrons. The number of carbonyl (C=O) groups excluding carboxylic acids is 2. The summed E-state index contributed by atoms with van der Waals surface area (Å²) in [4.78, 5) is 34.6. The van der Waals surface area contributed by atoms with Crippen molar-refractivity contribution in [2.45, 2.75) is 0 Å². The smallest absolute Gasteiger partial charge is 0.338 e. The van der Waals surface area contributed by atoms with Gasteiger partial charge in [0.05, 0.1) is 11.3 Å². The highest BCUT2D eigenvalue weighted by Gasteiger charge is 2.29. The highest BCUT2D eigenvalue weighted by Crippen LogP contribution is 2.21. The molecule has 1 N–H and O–H groups in total. The molecule has 0 atom stereocenters. The van der Waals surface area contributed by atoms with Crippen LogP contribution in [0.1, 0.15) is 10.4 Å². The van der Waals surface area contributed by atoms with Crippen molar-refractivity contribution in [3.05, 3.63) is 29.6 Å². The van der Waals surface area contributed by atoms with Crippen LogP contribution in [-0.4, -0.2) is 36.1 Å². The van der Waals surface area contributed by atoms with Crippen molar-refractivity contribution in [1.29, 1.82) is 0 Å². The lowest BCUT2D eigenvalue weighted by molar-refractivity contribution is -0.138. The fraction of sp³-hybridized carbons (Fsp3) is 0.182. The van der Waals surface area contributed by atoms with Crippen LogP contribution in [0.15, 0.2) is 18.2 Å². The second kappa shape index (κ2) is 4.53. The quantitative estimate of drug-likeness (QED) is 0.772. The number of anilines is 1. The molecule has 6 nitrogen and oxygen atoms in total. The number of carboxylic acids is 1. The van der Waals surface area contributed by atoms with E-state index in [2.05, 4.69) is 0 Å². The molecule has 1 aliphatic rings. The first-order valence-electron chi connectivity index (χ1n) is 4.97. The van der Waals surface area contributed by atoms with Crippen molar-refractivity contribution < 1.29 is 28.6 Å². The Morgan fingerprint density at radius 1 is 1.28 bits per heavy atom. The number of amides is 2. The van der Waals surface area contributed by atoms with Gasteiger partial charge in [0.25, 0.3) is 11.8 Å². The van der Waals surface area contributed by atoms with Crippen molar-refractivity contribution in [3.63, 3.8) is 0 Å². The highest BCUT2D eigenvalue weighted by molar-refractivity contribution is 6.17. The Hall–Kier alpha value is -2.28. The number of rotatable bonds is 2. The van der Waals surface area contributed by atoms with Crippen molar-refractivity contribution in [2.75, 3.05) is 18.1 Å². The van der Waals surface area contributed by atoms with Crippen LogP contribution in [0.5, 0.6) is 0 Å². The maximum atomic E-state index is 13.2. The van der Waals surface area contributed by atoms with Gasteiger partial charge < -0.3 is 9.84 Å². The van der Waals surface area contributed by atoms with Gasteiger partial charge in [-0.2, -0.15) is 0 Å². The third kappa shape index (κ3) is 2.07. The lowest BCUT2D eigenvalue weighted by Gasteiger charge is -2.25. The minimum atomic E-state index is -1.47. The van der Waals surface area contributed by atoms with Gasteiger partial charge in [0, 0.05) is 0 Å². The third-order valence-corrected chi connectivity index (χ3v) is 2.39. The first kappa shape index (κ1) is 12.2. The number of nitrogens with zero attached hydrogens (tertiary/aromatic N) is 1. The van der Waals surface area contributed by atoms with Crippen LogP contribution in [-0.2, 0) is 14.3 Å². The molecule has 1 aliphatic heterocycles. The number of imide groups is 1. The minimum Gasteiger partial charge on any atom is -0.478 e. The Bertz CT molecular complexity index is 526. The molecule has 1 aromatic rings. The van der Waals surface area contributed by atoms with Gasteiger partial charge >= 0.3 is 5.97 Å². The lowest BCUT2D eigenvalue weighted by Crippen LogP contribution is -2.46. The molecule has 0 spiro atoms. The predicted octanol–water partition coefficient (Wildman–Crippen LogP) is 0.414. The van der Waals surface area contributed by atoms with Crippen LogP contribution in [0.3, 0.4) is 0 Å². The van der Waals surface area contributed by atoms with Crippen LogP contribution >= 0.6 is 0 Å². The van der Waals surface area contributed by atoms with E-state index in [0.29, 0.717) is 0 Å². The van der Waals surface area contributed by atoms with Crippen molar-refractivity contribution in [2.24, 2.45) is 0 Å². The first-order valence-corrected chi connectivity index (χ1v) is 4.97. The average Bonchev–Trinajstić information content (AvgIpc) is 2.30. The normalized spacial score (nSPS) is 15.9. The molecule has 2 rings (SSSR count). The molecule has 1 aromatic carbocycles. The second-order valence-corrected chi connectivity index (χ2v) is 3.58. The zero-order valence-corrected chi connectivity index (χ0v) is 9.05. The van der Waals surface area contributed by atoms with Gasteiger partial charge in [-0.25, -0.2) is 14.1 Å². The number of carboxylic acid groups (broad SMARTS) is 1. The highest BCUT2D eigenvalue weighted by atomic mass is 19.1. The monoisotopic (exact) mass is 253 g/mol. The summed E-state index contributed by atoms with van der Waals surface area (Å²) in [7, 11) is 0. The van der Waals surface area contributed by atoms with E-state index in [1.165, 1.54) is 6.07 Å². The Morgan fingerprint density at radius 3 is 2.44 bits per heavy atom. The van der Waals surface area contributed by atoms with Crippen LogP contribution in [0.2, 0.25) is 0 Å². The Kier molecular flexibility index (Phi) is 3.07. The average molecular weight is 253 g/mol. The molecule has 0 radical (unpaired) electrons. The van der Waals surface area contributed by atoms with Gasteiger partial charge in [-0.15, -0.1) is 0 Å². The van der Waals surface area contributed by atoms with E-state index in [9.17, 15) is 18.8 Å². The number of hydrogen-bond donors (Lipinski definition) is 1. The van der Waals surface area contributed by atoms with E-state index in [1.54, 1.807) is 0 Å². The summed E-state index contributed by atoms with van der Waals surface area (Å²) < 4.78 is 17.9. The van der Waals surface area contributed by atoms with Crippen LogP contribution in [0.4, 0.5) is 10.1 Å². The minimum absolute atomic E-state index is 0.0205. The van der Waals surface area contributed by atoms with Crippen molar-refractivity contribution in [1.82, 2.24) is 0 Å². The van der Waals surface area contributed by atoms with Gasteiger partial charge in [0.1, 0.15) is 19.0 Å². The number of halogens is 1. The summed E-state index contributed by atoms with van der Waals surface area (Å²) in [6.45, 7) is -0.545. The Labute approximate surface area is 101 Å². The van der Waals surface area contributed by atoms with Crippen molar-refractivity contribution in [3.8, 4) is 0 Å². The van der Waals surface area contributed by atoms with E-state index in [-0.39, 0.29) is 18.9 Å². The fourth-order valence-corrected chi connectivity index (χ4v) is 1.60. The van der Waals surface area contributed by atoms with Gasteiger partial charge in [0.2, 0.25) is 0 Å².